The molecule has 0 fully saturated rings. The highest BCUT2D eigenvalue weighted by atomic mass is 16.6. The molecule has 0 spiro atoms. The van der Waals surface area contributed by atoms with Crippen LogP contribution in [0.2, 0.25) is 0 Å². The first-order valence-electron chi connectivity index (χ1n) is 27.5. The Kier molecular flexibility index (Phi) is 52.4. The molecule has 1 atom stereocenters. The average Bonchev–Trinajstić information content (AvgIpc) is 3.30. The first kappa shape index (κ1) is 61.3. The van der Waals surface area contributed by atoms with E-state index in [1.165, 1.54) is 161 Å². The summed E-state index contributed by atoms with van der Waals surface area (Å²) in [5.74, 6) is -0.483. The monoisotopic (exact) mass is 893 g/mol. The van der Waals surface area contributed by atoms with Crippen molar-refractivity contribution in [3.05, 3.63) is 72.9 Å². The van der Waals surface area contributed by atoms with Crippen LogP contribution in [-0.2, 0) is 23.8 Å². The van der Waals surface area contributed by atoms with Crippen LogP contribution in [0.3, 0.4) is 0 Å². The van der Waals surface area contributed by atoms with Crippen molar-refractivity contribution in [3.63, 3.8) is 0 Å². The third-order valence-corrected chi connectivity index (χ3v) is 11.8. The van der Waals surface area contributed by atoms with Crippen LogP contribution in [0, 0.1) is 0 Å². The zero-order chi connectivity index (χ0) is 46.3. The summed E-state index contributed by atoms with van der Waals surface area (Å²) in [5, 5.41) is 0. The third-order valence-electron chi connectivity index (χ3n) is 11.8. The molecular weight excluding hydrogens is 789 g/mol. The van der Waals surface area contributed by atoms with Crippen molar-refractivity contribution in [1.29, 1.82) is 0 Å². The summed E-state index contributed by atoms with van der Waals surface area (Å²) in [6, 6.07) is 0. The number of ether oxygens (including phenoxy) is 3. The minimum Gasteiger partial charge on any atom is -0.462 e. The summed E-state index contributed by atoms with van der Waals surface area (Å²) in [6.07, 6.45) is 70.7. The smallest absolute Gasteiger partial charge is 0.306 e. The van der Waals surface area contributed by atoms with E-state index in [0.29, 0.717) is 25.9 Å². The largest absolute Gasteiger partial charge is 0.462 e. The number of allylic oxidation sites excluding steroid dienone is 12. The van der Waals surface area contributed by atoms with Gasteiger partial charge in [0.15, 0.2) is 6.10 Å². The summed E-state index contributed by atoms with van der Waals surface area (Å²) < 4.78 is 17.4. The fourth-order valence-corrected chi connectivity index (χ4v) is 7.71. The summed E-state index contributed by atoms with van der Waals surface area (Å²) in [7, 11) is 0. The number of rotatable bonds is 50. The topological polar surface area (TPSA) is 61.8 Å². The minimum absolute atomic E-state index is 0.0574. The Labute approximate surface area is 397 Å². The minimum atomic E-state index is -0.575. The van der Waals surface area contributed by atoms with Crippen molar-refractivity contribution in [2.45, 2.75) is 271 Å². The summed E-state index contributed by atoms with van der Waals surface area (Å²) in [6.45, 7) is 7.67. The van der Waals surface area contributed by atoms with Gasteiger partial charge in [-0.05, 0) is 57.8 Å². The normalized spacial score (nSPS) is 12.7. The Hall–Kier alpha value is -2.66. The molecule has 0 aromatic heterocycles. The van der Waals surface area contributed by atoms with Crippen LogP contribution in [0.4, 0.5) is 0 Å². The van der Waals surface area contributed by atoms with E-state index in [2.05, 4.69) is 87.6 Å². The van der Waals surface area contributed by atoms with Crippen molar-refractivity contribution in [1.82, 2.24) is 0 Å². The molecule has 5 nitrogen and oxygen atoms in total. The molecule has 0 aromatic rings. The van der Waals surface area contributed by atoms with Gasteiger partial charge in [-0.25, -0.2) is 0 Å². The Morgan fingerprint density at radius 2 is 0.703 bits per heavy atom. The molecule has 0 saturated heterocycles. The lowest BCUT2D eigenvalue weighted by Gasteiger charge is -2.18. The van der Waals surface area contributed by atoms with Crippen molar-refractivity contribution < 1.29 is 23.8 Å². The molecular formula is C59H104O5. The van der Waals surface area contributed by atoms with Crippen molar-refractivity contribution in [2.75, 3.05) is 19.8 Å². The van der Waals surface area contributed by atoms with Crippen LogP contribution >= 0.6 is 0 Å². The summed E-state index contributed by atoms with van der Waals surface area (Å²) in [4.78, 5) is 25.4. The van der Waals surface area contributed by atoms with E-state index < -0.39 is 6.10 Å². The molecule has 0 aliphatic carbocycles. The molecule has 0 N–H and O–H groups in total. The first-order chi connectivity index (χ1) is 31.6. The fourth-order valence-electron chi connectivity index (χ4n) is 7.71. The maximum Gasteiger partial charge on any atom is 0.306 e. The average molecular weight is 893 g/mol. The van der Waals surface area contributed by atoms with Gasteiger partial charge in [0, 0.05) is 19.4 Å². The predicted octanol–water partition coefficient (Wildman–Crippen LogP) is 18.7. The molecule has 0 radical (unpaired) electrons. The number of hydrogen-bond acceptors (Lipinski definition) is 5. The molecule has 0 aromatic carbocycles. The second-order valence-electron chi connectivity index (χ2n) is 18.1. The summed E-state index contributed by atoms with van der Waals surface area (Å²) in [5.41, 5.74) is 0. The number of esters is 2. The van der Waals surface area contributed by atoms with E-state index in [1.807, 2.05) is 6.08 Å². The van der Waals surface area contributed by atoms with Crippen molar-refractivity contribution in [2.24, 2.45) is 0 Å². The number of carbonyl (C=O) groups is 2. The molecule has 0 amide bonds. The summed E-state index contributed by atoms with van der Waals surface area (Å²) >= 11 is 0. The van der Waals surface area contributed by atoms with Gasteiger partial charge < -0.3 is 14.2 Å². The quantitative estimate of drug-likeness (QED) is 0.0346. The number of hydrogen-bond donors (Lipinski definition) is 0. The van der Waals surface area contributed by atoms with E-state index in [9.17, 15) is 9.59 Å². The van der Waals surface area contributed by atoms with E-state index in [4.69, 9.17) is 14.2 Å². The molecule has 0 aliphatic rings. The lowest BCUT2D eigenvalue weighted by atomic mass is 10.0. The predicted molar refractivity (Wildman–Crippen MR) is 279 cm³/mol. The van der Waals surface area contributed by atoms with E-state index in [1.54, 1.807) is 0 Å². The van der Waals surface area contributed by atoms with Gasteiger partial charge in [-0.3, -0.25) is 9.59 Å². The molecule has 370 valence electrons. The van der Waals surface area contributed by atoms with Gasteiger partial charge in [0.25, 0.3) is 0 Å². The molecule has 0 unspecified atom stereocenters. The lowest BCUT2D eigenvalue weighted by Crippen LogP contribution is -2.30. The molecule has 5 heteroatoms. The van der Waals surface area contributed by atoms with E-state index in [-0.39, 0.29) is 25.2 Å². The van der Waals surface area contributed by atoms with Crippen LogP contribution in [0.5, 0.6) is 0 Å². The molecule has 0 rings (SSSR count). The third kappa shape index (κ3) is 52.0. The van der Waals surface area contributed by atoms with Crippen LogP contribution in [-0.4, -0.2) is 37.9 Å². The van der Waals surface area contributed by atoms with Gasteiger partial charge >= 0.3 is 11.9 Å². The maximum atomic E-state index is 12.8. The van der Waals surface area contributed by atoms with E-state index >= 15 is 0 Å². The standard InChI is InChI=1S/C59H104O5/c1-4-7-10-13-16-19-22-25-27-29-30-31-32-35-38-41-44-47-50-53-59(61)64-57(56-63-58(60)52-49-46-43-40-37-34-24-21-18-15-12-9-6-3)55-62-54-51-48-45-42-39-36-33-28-26-23-20-17-14-11-8-5-2/h7,10,16,19,25,27,30-31,35,38,44,47,57H,4-6,8-9,11-15,17-18,20-24,26,28-29,32-34,36-37,39-43,45-46,48-56H2,1-3H3/b10-7-,19-16-,27-25-,31-30-,38-35-,47-44-/t57-/m1/s1. The Balaban J connectivity index is 4.37. The second-order valence-corrected chi connectivity index (χ2v) is 18.1. The second kappa shape index (κ2) is 54.7. The lowest BCUT2D eigenvalue weighted by molar-refractivity contribution is -0.162. The van der Waals surface area contributed by atoms with Gasteiger partial charge in [0.1, 0.15) is 6.61 Å². The highest BCUT2D eigenvalue weighted by Gasteiger charge is 2.17. The van der Waals surface area contributed by atoms with Crippen molar-refractivity contribution in [3.8, 4) is 0 Å². The van der Waals surface area contributed by atoms with Gasteiger partial charge in [-0.15, -0.1) is 0 Å². The zero-order valence-electron chi connectivity index (χ0n) is 42.5. The Morgan fingerprint density at radius 1 is 0.359 bits per heavy atom. The molecule has 0 bridgehead atoms. The van der Waals surface area contributed by atoms with Crippen molar-refractivity contribution >= 4 is 11.9 Å². The van der Waals surface area contributed by atoms with Gasteiger partial charge in [-0.2, -0.15) is 0 Å². The first-order valence-corrected chi connectivity index (χ1v) is 27.5. The maximum absolute atomic E-state index is 12.8. The number of carbonyl (C=O) groups excluding carboxylic acids is 2. The van der Waals surface area contributed by atoms with Gasteiger partial charge in [0.2, 0.25) is 0 Å². The number of unbranched alkanes of at least 4 members (excludes halogenated alkanes) is 27. The molecule has 0 heterocycles. The van der Waals surface area contributed by atoms with Crippen LogP contribution in [0.1, 0.15) is 265 Å². The SMILES string of the molecule is CC/C=C\C/C=C\C/C=C\C/C=C\C/C=C\C/C=C\CCC(=O)O[C@H](COCCCCCCCCCCCCCCCCCC)COC(=O)CCCCCCCCCCCCCCC. The van der Waals surface area contributed by atoms with Gasteiger partial charge in [-0.1, -0.05) is 267 Å². The fraction of sp³-hybridized carbons (Fsp3) is 0.763. The molecule has 0 saturated carbocycles. The van der Waals surface area contributed by atoms with E-state index in [0.717, 1.165) is 64.2 Å². The Bertz CT molecular complexity index is 1150. The molecule has 0 aliphatic heterocycles. The van der Waals surface area contributed by atoms with Crippen LogP contribution < -0.4 is 0 Å². The highest BCUT2D eigenvalue weighted by molar-refractivity contribution is 5.70. The van der Waals surface area contributed by atoms with Crippen LogP contribution in [0.25, 0.3) is 0 Å². The van der Waals surface area contributed by atoms with Gasteiger partial charge in [0.05, 0.1) is 6.61 Å². The Morgan fingerprint density at radius 3 is 1.09 bits per heavy atom. The van der Waals surface area contributed by atoms with Crippen LogP contribution in [0.15, 0.2) is 72.9 Å². The highest BCUT2D eigenvalue weighted by Crippen LogP contribution is 2.15. The zero-order valence-corrected chi connectivity index (χ0v) is 42.5. The molecule has 64 heavy (non-hydrogen) atoms.